The Kier molecular flexibility index (Phi) is 4.39. The molecule has 0 fully saturated rings. The minimum absolute atomic E-state index is 0.297. The van der Waals surface area contributed by atoms with Crippen molar-refractivity contribution in [3.63, 3.8) is 0 Å². The summed E-state index contributed by atoms with van der Waals surface area (Å²) in [6.07, 6.45) is 4.86. The molecular formula is C13H13N5O3. The molecule has 0 aliphatic heterocycles. The van der Waals surface area contributed by atoms with E-state index in [9.17, 15) is 10.1 Å². The molecule has 0 aliphatic carbocycles. The smallest absolute Gasteiger partial charge is 0.401 e. The maximum Gasteiger partial charge on any atom is 0.433 e. The van der Waals surface area contributed by atoms with Crippen molar-refractivity contribution in [1.29, 1.82) is 0 Å². The Hall–Kier alpha value is -3.03. The lowest BCUT2D eigenvalue weighted by Gasteiger charge is -2.01. The molecule has 21 heavy (non-hydrogen) atoms. The minimum Gasteiger partial charge on any atom is -0.401 e. The molecule has 0 radical (unpaired) electrons. The fraction of sp³-hybridized carbons (Fsp3) is 0.154. The van der Waals surface area contributed by atoms with Crippen LogP contribution in [-0.4, -0.2) is 40.5 Å². The molecule has 0 aliphatic rings. The summed E-state index contributed by atoms with van der Waals surface area (Å²) in [4.78, 5) is 15.8. The van der Waals surface area contributed by atoms with Crippen molar-refractivity contribution in [3.8, 4) is 0 Å². The Morgan fingerprint density at radius 2 is 2.05 bits per heavy atom. The topological polar surface area (TPSA) is 97.7 Å². The van der Waals surface area contributed by atoms with Gasteiger partial charge in [-0.2, -0.15) is 0 Å². The van der Waals surface area contributed by atoms with Gasteiger partial charge in [-0.15, -0.1) is 10.2 Å². The van der Waals surface area contributed by atoms with Crippen LogP contribution in [0.4, 0.5) is 11.7 Å². The van der Waals surface area contributed by atoms with Gasteiger partial charge in [0.2, 0.25) is 0 Å². The van der Waals surface area contributed by atoms with Crippen LogP contribution in [0.15, 0.2) is 33.7 Å². The van der Waals surface area contributed by atoms with Crippen LogP contribution in [0.3, 0.4) is 0 Å². The van der Waals surface area contributed by atoms with E-state index >= 15 is 0 Å². The molecule has 2 heterocycles. The highest BCUT2D eigenvalue weighted by atomic mass is 16.6. The predicted octanol–water partition coefficient (Wildman–Crippen LogP) is 2.37. The summed E-state index contributed by atoms with van der Waals surface area (Å²) in [5, 5.41) is 18.4. The standard InChI is InChI=1S/C13H13N5O3/c1-17(2)9-14-12-7-4-10(15-16-12)3-5-11-6-8-13(21-11)18(19)20/h3-9H,1-2H3/b5-3+,14-9+. The molecule has 0 aromatic carbocycles. The van der Waals surface area contributed by atoms with E-state index in [4.69, 9.17) is 4.42 Å². The first-order valence-electron chi connectivity index (χ1n) is 6.01. The van der Waals surface area contributed by atoms with Gasteiger partial charge < -0.3 is 9.32 Å². The lowest BCUT2D eigenvalue weighted by atomic mass is 10.3. The van der Waals surface area contributed by atoms with Crippen LogP contribution in [0.5, 0.6) is 0 Å². The molecule has 0 saturated carbocycles. The van der Waals surface area contributed by atoms with Crippen molar-refractivity contribution in [2.45, 2.75) is 0 Å². The van der Waals surface area contributed by atoms with Gasteiger partial charge in [0.25, 0.3) is 0 Å². The highest BCUT2D eigenvalue weighted by Gasteiger charge is 2.09. The number of nitrogens with zero attached hydrogens (tertiary/aromatic N) is 5. The van der Waals surface area contributed by atoms with Gasteiger partial charge in [-0.25, -0.2) is 4.99 Å². The zero-order valence-electron chi connectivity index (χ0n) is 11.5. The van der Waals surface area contributed by atoms with Crippen LogP contribution in [0.2, 0.25) is 0 Å². The number of hydrogen-bond acceptors (Lipinski definition) is 6. The van der Waals surface area contributed by atoms with Crippen LogP contribution in [0.1, 0.15) is 11.5 Å². The number of furan rings is 1. The van der Waals surface area contributed by atoms with Crippen molar-refractivity contribution in [2.24, 2.45) is 4.99 Å². The van der Waals surface area contributed by atoms with Crippen molar-refractivity contribution in [1.82, 2.24) is 15.1 Å². The normalized spacial score (nSPS) is 11.3. The molecule has 0 bridgehead atoms. The zero-order valence-corrected chi connectivity index (χ0v) is 11.5. The third-order valence-corrected chi connectivity index (χ3v) is 2.30. The quantitative estimate of drug-likeness (QED) is 0.362. The molecule has 8 nitrogen and oxygen atoms in total. The van der Waals surface area contributed by atoms with Crippen molar-refractivity contribution < 1.29 is 9.34 Å². The van der Waals surface area contributed by atoms with Crippen LogP contribution >= 0.6 is 0 Å². The Bertz CT molecular complexity index is 673. The Morgan fingerprint density at radius 3 is 2.62 bits per heavy atom. The van der Waals surface area contributed by atoms with E-state index in [1.807, 2.05) is 14.1 Å². The summed E-state index contributed by atoms with van der Waals surface area (Å²) in [7, 11) is 3.72. The molecule has 0 N–H and O–H groups in total. The van der Waals surface area contributed by atoms with E-state index in [1.165, 1.54) is 12.1 Å². The maximum atomic E-state index is 10.5. The molecule has 2 aromatic rings. The molecule has 0 atom stereocenters. The average molecular weight is 287 g/mol. The first kappa shape index (κ1) is 14.4. The molecule has 0 unspecified atom stereocenters. The molecule has 2 aromatic heterocycles. The fourth-order valence-electron chi connectivity index (χ4n) is 1.37. The van der Waals surface area contributed by atoms with Crippen molar-refractivity contribution in [3.05, 3.63) is 45.8 Å². The second-order valence-electron chi connectivity index (χ2n) is 4.29. The molecule has 8 heteroatoms. The van der Waals surface area contributed by atoms with E-state index in [-0.39, 0.29) is 5.88 Å². The van der Waals surface area contributed by atoms with Gasteiger partial charge in [-0.05, 0) is 30.4 Å². The summed E-state index contributed by atoms with van der Waals surface area (Å²) < 4.78 is 4.99. The van der Waals surface area contributed by atoms with Gasteiger partial charge in [0.15, 0.2) is 5.82 Å². The minimum atomic E-state index is -0.589. The van der Waals surface area contributed by atoms with Crippen molar-refractivity contribution >= 4 is 30.2 Å². The Morgan fingerprint density at radius 1 is 1.24 bits per heavy atom. The van der Waals surface area contributed by atoms with Crippen LogP contribution in [-0.2, 0) is 0 Å². The number of hydrogen-bond donors (Lipinski definition) is 0. The second kappa shape index (κ2) is 6.42. The highest BCUT2D eigenvalue weighted by molar-refractivity contribution is 5.66. The molecule has 2 rings (SSSR count). The van der Waals surface area contributed by atoms with E-state index < -0.39 is 4.92 Å². The van der Waals surface area contributed by atoms with E-state index in [0.29, 0.717) is 17.3 Å². The summed E-state index contributed by atoms with van der Waals surface area (Å²) >= 11 is 0. The summed E-state index contributed by atoms with van der Waals surface area (Å²) in [5.41, 5.74) is 0.595. The van der Waals surface area contributed by atoms with Gasteiger partial charge in [0.1, 0.15) is 10.7 Å². The van der Waals surface area contributed by atoms with Gasteiger partial charge >= 0.3 is 5.88 Å². The summed E-state index contributed by atoms with van der Waals surface area (Å²) in [5.74, 6) is 0.571. The fourth-order valence-corrected chi connectivity index (χ4v) is 1.37. The van der Waals surface area contributed by atoms with Gasteiger partial charge in [0.05, 0.1) is 18.1 Å². The second-order valence-corrected chi connectivity index (χ2v) is 4.29. The molecular weight excluding hydrogens is 274 g/mol. The Balaban J connectivity index is 2.05. The first-order valence-corrected chi connectivity index (χ1v) is 6.01. The lowest BCUT2D eigenvalue weighted by molar-refractivity contribution is -0.402. The van der Waals surface area contributed by atoms with Gasteiger partial charge in [-0.1, -0.05) is 0 Å². The third kappa shape index (κ3) is 4.23. The zero-order chi connectivity index (χ0) is 15.2. The molecule has 0 saturated heterocycles. The molecule has 0 amide bonds. The van der Waals surface area contributed by atoms with E-state index in [2.05, 4.69) is 15.2 Å². The predicted molar refractivity (Wildman–Crippen MR) is 78.2 cm³/mol. The highest BCUT2D eigenvalue weighted by Crippen LogP contribution is 2.17. The van der Waals surface area contributed by atoms with Gasteiger partial charge in [0, 0.05) is 14.1 Å². The maximum absolute atomic E-state index is 10.5. The molecule has 0 spiro atoms. The van der Waals surface area contributed by atoms with Gasteiger partial charge in [-0.3, -0.25) is 10.1 Å². The molecule has 108 valence electrons. The lowest BCUT2D eigenvalue weighted by Crippen LogP contribution is -2.07. The monoisotopic (exact) mass is 287 g/mol. The van der Waals surface area contributed by atoms with Crippen LogP contribution in [0, 0.1) is 10.1 Å². The van der Waals surface area contributed by atoms with Crippen molar-refractivity contribution in [2.75, 3.05) is 14.1 Å². The average Bonchev–Trinajstić information content (AvgIpc) is 2.93. The largest absolute Gasteiger partial charge is 0.433 e. The van der Waals surface area contributed by atoms with E-state index in [0.717, 1.165) is 0 Å². The summed E-state index contributed by atoms with van der Waals surface area (Å²) in [6.45, 7) is 0. The van der Waals surface area contributed by atoms with Crippen LogP contribution < -0.4 is 0 Å². The number of aromatic nitrogens is 2. The number of aliphatic imine (C=N–C) groups is 1. The summed E-state index contributed by atoms with van der Waals surface area (Å²) in [6, 6.07) is 6.27. The Labute approximate surface area is 120 Å². The van der Waals surface area contributed by atoms with E-state index in [1.54, 1.807) is 35.5 Å². The SMILES string of the molecule is CN(C)/C=N/c1ccc(/C=C/c2ccc([N+](=O)[O-])o2)nn1. The van der Waals surface area contributed by atoms with Crippen LogP contribution in [0.25, 0.3) is 12.2 Å². The number of nitro groups is 1. The third-order valence-electron chi connectivity index (χ3n) is 2.30. The number of rotatable bonds is 5. The first-order chi connectivity index (χ1) is 10.0.